The fourth-order valence-corrected chi connectivity index (χ4v) is 5.55. The van der Waals surface area contributed by atoms with Gasteiger partial charge in [0, 0.05) is 30.4 Å². The van der Waals surface area contributed by atoms with Gasteiger partial charge in [0.2, 0.25) is 0 Å². The Balaban J connectivity index is 1.90. The summed E-state index contributed by atoms with van der Waals surface area (Å²) >= 11 is 0. The van der Waals surface area contributed by atoms with E-state index >= 15 is 0 Å². The van der Waals surface area contributed by atoms with Crippen LogP contribution in [0.1, 0.15) is 109 Å². The number of benzene rings is 1. The number of fused-ring (bicyclic) bond motifs is 3. The molecule has 1 aromatic carbocycles. The van der Waals surface area contributed by atoms with Gasteiger partial charge in [-0.15, -0.1) is 0 Å². The van der Waals surface area contributed by atoms with Crippen LogP contribution < -0.4 is 4.74 Å². The Morgan fingerprint density at radius 1 is 1.19 bits per heavy atom. The summed E-state index contributed by atoms with van der Waals surface area (Å²) in [5.74, 6) is 1.47. The number of allylic oxidation sites excluding steroid dienone is 2. The first kappa shape index (κ1) is 24.8. The van der Waals surface area contributed by atoms with Gasteiger partial charge in [-0.1, -0.05) is 52.5 Å². The van der Waals surface area contributed by atoms with Crippen molar-refractivity contribution >= 4 is 5.78 Å². The van der Waals surface area contributed by atoms with Gasteiger partial charge in [-0.25, -0.2) is 0 Å². The molecule has 0 aromatic heterocycles. The van der Waals surface area contributed by atoms with Crippen molar-refractivity contribution in [3.05, 3.63) is 34.9 Å². The normalized spacial score (nSPS) is 21.9. The van der Waals surface area contributed by atoms with E-state index in [-0.39, 0.29) is 35.2 Å². The first-order chi connectivity index (χ1) is 15.1. The quantitative estimate of drug-likeness (QED) is 0.402. The molecule has 0 saturated heterocycles. The number of ether oxygens (including phenoxy) is 1. The van der Waals surface area contributed by atoms with Gasteiger partial charge < -0.3 is 14.9 Å². The van der Waals surface area contributed by atoms with E-state index in [4.69, 9.17) is 9.84 Å². The smallest absolute Gasteiger partial charge is 0.158 e. The average molecular weight is 443 g/mol. The van der Waals surface area contributed by atoms with E-state index in [9.17, 15) is 9.90 Å². The Kier molecular flexibility index (Phi) is 7.75. The van der Waals surface area contributed by atoms with E-state index in [1.54, 1.807) is 0 Å². The number of unbranched alkanes of at least 4 members (excludes halogenated alkanes) is 3. The third-order valence-corrected chi connectivity index (χ3v) is 7.66. The topological polar surface area (TPSA) is 66.8 Å². The Morgan fingerprint density at radius 2 is 1.94 bits per heavy atom. The molecule has 1 aromatic rings. The number of aromatic hydroxyl groups is 1. The van der Waals surface area contributed by atoms with E-state index in [0.29, 0.717) is 25.0 Å². The Morgan fingerprint density at radius 3 is 2.62 bits per heavy atom. The number of hydrogen-bond acceptors (Lipinski definition) is 4. The largest absolute Gasteiger partial charge is 0.508 e. The Labute approximate surface area is 194 Å². The number of phenolic OH excluding ortho intramolecular Hbond substituents is 1. The average Bonchev–Trinajstić information content (AvgIpc) is 2.73. The van der Waals surface area contributed by atoms with Gasteiger partial charge in [0.1, 0.15) is 17.1 Å². The van der Waals surface area contributed by atoms with Gasteiger partial charge >= 0.3 is 0 Å². The lowest BCUT2D eigenvalue weighted by Crippen LogP contribution is -2.46. The van der Waals surface area contributed by atoms with E-state index in [2.05, 4.69) is 46.8 Å². The van der Waals surface area contributed by atoms with Crippen LogP contribution in [0.5, 0.6) is 11.5 Å². The fraction of sp³-hybridized carbons (Fsp3) is 0.679. The zero-order chi connectivity index (χ0) is 23.5. The lowest BCUT2D eigenvalue weighted by molar-refractivity contribution is -0.116. The van der Waals surface area contributed by atoms with Crippen LogP contribution in [0.4, 0.5) is 0 Å². The Bertz CT molecular complexity index is 849. The van der Waals surface area contributed by atoms with Crippen molar-refractivity contribution in [2.75, 3.05) is 6.61 Å². The summed E-state index contributed by atoms with van der Waals surface area (Å²) in [6.07, 6.45) is 10.3. The minimum Gasteiger partial charge on any atom is -0.508 e. The molecule has 4 nitrogen and oxygen atoms in total. The first-order valence-electron chi connectivity index (χ1n) is 12.5. The van der Waals surface area contributed by atoms with Crippen LogP contribution in [0.25, 0.3) is 0 Å². The highest BCUT2D eigenvalue weighted by Gasteiger charge is 2.47. The second-order valence-corrected chi connectivity index (χ2v) is 10.9. The maximum atomic E-state index is 12.6. The van der Waals surface area contributed by atoms with E-state index in [1.807, 2.05) is 6.07 Å². The van der Waals surface area contributed by atoms with Crippen LogP contribution in [-0.4, -0.2) is 28.2 Å². The third kappa shape index (κ3) is 5.22. The second kappa shape index (κ2) is 9.99. The number of Topliss-reactive ketones (excluding diaryl/α,β-unsaturated/α-hetero) is 1. The standard InChI is InChI=1S/C28H42O4/c1-6-7-8-9-14-27(2,3)20-17-24(31)26-21-16-19(23(30)11-10-15-29)12-13-22(21)28(4,5)32-25(26)18-20/h12,17-18,21-22,29,31H,6-11,13-16H2,1-5H3/t21?,22-/m1/s1. The van der Waals surface area contributed by atoms with E-state index in [0.717, 1.165) is 35.3 Å². The minimum absolute atomic E-state index is 0.0343. The van der Waals surface area contributed by atoms with Crippen LogP contribution in [0.15, 0.2) is 23.8 Å². The monoisotopic (exact) mass is 442 g/mol. The molecule has 1 unspecified atom stereocenters. The molecule has 1 aliphatic carbocycles. The van der Waals surface area contributed by atoms with Crippen molar-refractivity contribution in [1.29, 1.82) is 0 Å². The fourth-order valence-electron chi connectivity index (χ4n) is 5.55. The third-order valence-electron chi connectivity index (χ3n) is 7.66. The number of carbonyl (C=O) groups excluding carboxylic acids is 1. The highest BCUT2D eigenvalue weighted by Crippen LogP contribution is 2.55. The lowest BCUT2D eigenvalue weighted by atomic mass is 9.66. The highest BCUT2D eigenvalue weighted by molar-refractivity contribution is 5.95. The summed E-state index contributed by atoms with van der Waals surface area (Å²) in [6.45, 7) is 11.0. The maximum absolute atomic E-state index is 12.6. The maximum Gasteiger partial charge on any atom is 0.158 e. The summed E-state index contributed by atoms with van der Waals surface area (Å²) in [6, 6.07) is 4.07. The van der Waals surface area contributed by atoms with Crippen molar-refractivity contribution in [3.8, 4) is 11.5 Å². The number of rotatable bonds is 10. The number of aliphatic hydroxyl groups is 1. The number of hydrogen-bond donors (Lipinski definition) is 2. The summed E-state index contributed by atoms with van der Waals surface area (Å²) in [5, 5.41) is 20.3. The molecule has 0 radical (unpaired) electrons. The van der Waals surface area contributed by atoms with E-state index < -0.39 is 0 Å². The van der Waals surface area contributed by atoms with Gasteiger partial charge in [-0.05, 0) is 68.2 Å². The Hall–Kier alpha value is -1.81. The second-order valence-electron chi connectivity index (χ2n) is 10.9. The van der Waals surface area contributed by atoms with Crippen molar-refractivity contribution in [2.24, 2.45) is 5.92 Å². The molecule has 2 atom stereocenters. The van der Waals surface area contributed by atoms with Crippen LogP contribution in [-0.2, 0) is 10.2 Å². The number of aliphatic hydroxyl groups excluding tert-OH is 1. The van der Waals surface area contributed by atoms with Gasteiger partial charge in [0.25, 0.3) is 0 Å². The summed E-state index contributed by atoms with van der Waals surface area (Å²) in [7, 11) is 0. The number of carbonyl (C=O) groups is 1. The van der Waals surface area contributed by atoms with Crippen LogP contribution in [0.3, 0.4) is 0 Å². The van der Waals surface area contributed by atoms with E-state index in [1.165, 1.54) is 25.7 Å². The molecule has 3 rings (SSSR count). The molecule has 0 saturated carbocycles. The highest BCUT2D eigenvalue weighted by atomic mass is 16.5. The molecule has 0 bridgehead atoms. The summed E-state index contributed by atoms with van der Waals surface area (Å²) in [5.41, 5.74) is 2.40. The van der Waals surface area contributed by atoms with Crippen molar-refractivity contribution in [1.82, 2.24) is 0 Å². The van der Waals surface area contributed by atoms with Crippen molar-refractivity contribution in [3.63, 3.8) is 0 Å². The molecule has 4 heteroatoms. The number of phenols is 1. The molecule has 2 N–H and O–H groups in total. The predicted octanol–water partition coefficient (Wildman–Crippen LogP) is 6.57. The van der Waals surface area contributed by atoms with Crippen LogP contribution in [0, 0.1) is 5.92 Å². The molecule has 32 heavy (non-hydrogen) atoms. The number of ketones is 1. The molecule has 0 amide bonds. The zero-order valence-electron chi connectivity index (χ0n) is 20.7. The minimum atomic E-state index is -0.371. The molecule has 178 valence electrons. The van der Waals surface area contributed by atoms with Crippen molar-refractivity contribution in [2.45, 2.75) is 109 Å². The summed E-state index contributed by atoms with van der Waals surface area (Å²) in [4.78, 5) is 12.6. The molecule has 0 fully saturated rings. The van der Waals surface area contributed by atoms with Crippen LogP contribution >= 0.6 is 0 Å². The SMILES string of the molecule is CCCCCCC(C)(C)c1cc(O)c2c(c1)OC(C)(C)[C@@H]1CC=C(C(=O)CCCO)CC21. The lowest BCUT2D eigenvalue weighted by Gasteiger charge is -2.47. The molecule has 1 heterocycles. The van der Waals surface area contributed by atoms with Gasteiger partial charge in [0.15, 0.2) is 5.78 Å². The predicted molar refractivity (Wildman–Crippen MR) is 129 cm³/mol. The zero-order valence-corrected chi connectivity index (χ0v) is 20.7. The van der Waals surface area contributed by atoms with Gasteiger partial charge in [0.05, 0.1) is 0 Å². The molecular formula is C28H42O4. The molecular weight excluding hydrogens is 400 g/mol. The van der Waals surface area contributed by atoms with Crippen molar-refractivity contribution < 1.29 is 19.7 Å². The molecule has 2 aliphatic rings. The van der Waals surface area contributed by atoms with Gasteiger partial charge in [-0.3, -0.25) is 4.79 Å². The van der Waals surface area contributed by atoms with Crippen LogP contribution in [0.2, 0.25) is 0 Å². The first-order valence-corrected chi connectivity index (χ1v) is 12.5. The molecule has 1 aliphatic heterocycles. The summed E-state index contributed by atoms with van der Waals surface area (Å²) < 4.78 is 6.50. The molecule has 0 spiro atoms. The van der Waals surface area contributed by atoms with Gasteiger partial charge in [-0.2, -0.15) is 0 Å².